The Morgan fingerprint density at radius 2 is 1.63 bits per heavy atom. The average Bonchev–Trinajstić information content (AvgIpc) is 3.54. The van der Waals surface area contributed by atoms with Gasteiger partial charge in [-0.2, -0.15) is 0 Å². The molecule has 142 valence electrons. The highest BCUT2D eigenvalue weighted by molar-refractivity contribution is 7.79. The highest BCUT2D eigenvalue weighted by Gasteiger charge is 2.38. The molecule has 4 rings (SSSR count). The Kier molecular flexibility index (Phi) is 5.29. The maximum absolute atomic E-state index is 13.0. The number of rotatable bonds is 5. The summed E-state index contributed by atoms with van der Waals surface area (Å²) in [5.41, 5.74) is 1.21. The van der Waals surface area contributed by atoms with E-state index in [0.29, 0.717) is 23.0 Å². The fourth-order valence-corrected chi connectivity index (χ4v) is 3.88. The molecule has 1 unspecified atom stereocenters. The van der Waals surface area contributed by atoms with E-state index in [9.17, 15) is 13.6 Å². The van der Waals surface area contributed by atoms with Crippen molar-refractivity contribution in [2.45, 2.75) is 42.7 Å². The van der Waals surface area contributed by atoms with Gasteiger partial charge in [-0.3, -0.25) is 9.00 Å². The van der Waals surface area contributed by atoms with Gasteiger partial charge in [-0.15, -0.1) is 0 Å². The zero-order valence-corrected chi connectivity index (χ0v) is 15.7. The van der Waals surface area contributed by atoms with Crippen LogP contribution in [0.4, 0.5) is 0 Å². The van der Waals surface area contributed by atoms with Crippen molar-refractivity contribution in [1.29, 1.82) is 0 Å². The van der Waals surface area contributed by atoms with Gasteiger partial charge in [0.15, 0.2) is 5.82 Å². The second-order valence-electron chi connectivity index (χ2n) is 6.98. The van der Waals surface area contributed by atoms with E-state index in [-0.39, 0.29) is 16.8 Å². The third-order valence-electron chi connectivity index (χ3n) is 5.08. The van der Waals surface area contributed by atoms with E-state index in [1.54, 1.807) is 24.5 Å². The van der Waals surface area contributed by atoms with Gasteiger partial charge in [0.2, 0.25) is 0 Å². The van der Waals surface area contributed by atoms with Crippen LogP contribution in [-0.4, -0.2) is 54.7 Å². The third kappa shape index (κ3) is 4.07. The Hall–Kier alpha value is -2.16. The lowest BCUT2D eigenvalue weighted by Gasteiger charge is -2.35. The summed E-state index contributed by atoms with van der Waals surface area (Å²) >= 11 is -2.26. The fourth-order valence-electron chi connectivity index (χ4n) is 3.52. The summed E-state index contributed by atoms with van der Waals surface area (Å²) in [4.78, 5) is 24.0. The number of benzene rings is 1. The van der Waals surface area contributed by atoms with Gasteiger partial charge in [0.25, 0.3) is 5.91 Å². The number of hydrogen-bond donors (Lipinski definition) is 1. The molecule has 0 bridgehead atoms. The Morgan fingerprint density at radius 1 is 1.04 bits per heavy atom. The topological polar surface area (TPSA) is 98.2 Å². The smallest absolute Gasteiger partial charge is 0.257 e. The molecule has 1 aliphatic carbocycles. The molecule has 7 nitrogen and oxygen atoms in total. The summed E-state index contributed by atoms with van der Waals surface area (Å²) in [6.45, 7) is 1.89. The van der Waals surface area contributed by atoms with Crippen LogP contribution < -0.4 is 5.32 Å². The molecule has 1 saturated heterocycles. The molecule has 1 aromatic carbocycles. The summed E-state index contributed by atoms with van der Waals surface area (Å²) < 4.78 is 21.9. The van der Waals surface area contributed by atoms with Gasteiger partial charge in [0, 0.05) is 34.9 Å². The molecule has 1 atom stereocenters. The predicted octanol–water partition coefficient (Wildman–Crippen LogP) is 1.74. The van der Waals surface area contributed by atoms with Crippen LogP contribution in [0.5, 0.6) is 0 Å². The van der Waals surface area contributed by atoms with Crippen molar-refractivity contribution >= 4 is 17.0 Å². The first kappa shape index (κ1) is 18.2. The quantitative estimate of drug-likeness (QED) is 0.787. The van der Waals surface area contributed by atoms with Crippen molar-refractivity contribution in [2.75, 3.05) is 13.1 Å². The van der Waals surface area contributed by atoms with Gasteiger partial charge in [-0.1, -0.05) is 12.1 Å². The van der Waals surface area contributed by atoms with Crippen LogP contribution in [0.2, 0.25) is 0 Å². The standard InChI is InChI=1S/C19H22N4O3S/c24-19(23(15-3-4-15)16-7-9-20-10-8-16)14-11-21-18(22-12-14)13-1-5-17(6-2-13)27(25)26/h1-2,5-6,11-12,15-16,20H,3-4,7-10H2,(H,25,26)/p-1. The van der Waals surface area contributed by atoms with Crippen LogP contribution >= 0.6 is 0 Å². The Morgan fingerprint density at radius 3 is 2.19 bits per heavy atom. The highest BCUT2D eigenvalue weighted by atomic mass is 32.2. The molecule has 0 spiro atoms. The number of piperidine rings is 1. The minimum absolute atomic E-state index is 0.00745. The molecule has 2 fully saturated rings. The highest BCUT2D eigenvalue weighted by Crippen LogP contribution is 2.32. The average molecular weight is 385 g/mol. The zero-order chi connectivity index (χ0) is 18.8. The van der Waals surface area contributed by atoms with Gasteiger partial charge >= 0.3 is 0 Å². The van der Waals surface area contributed by atoms with Crippen molar-refractivity contribution in [3.8, 4) is 11.4 Å². The van der Waals surface area contributed by atoms with Crippen molar-refractivity contribution in [3.05, 3.63) is 42.2 Å². The van der Waals surface area contributed by atoms with E-state index < -0.39 is 11.1 Å². The van der Waals surface area contributed by atoms with Crippen LogP contribution in [0.15, 0.2) is 41.6 Å². The summed E-state index contributed by atoms with van der Waals surface area (Å²) in [5.74, 6) is 0.475. The summed E-state index contributed by atoms with van der Waals surface area (Å²) in [5, 5.41) is 3.34. The number of nitrogens with zero attached hydrogens (tertiary/aromatic N) is 3. The molecule has 2 heterocycles. The molecule has 8 heteroatoms. The first-order valence-corrected chi connectivity index (χ1v) is 10.3. The van der Waals surface area contributed by atoms with E-state index in [1.165, 1.54) is 12.1 Å². The van der Waals surface area contributed by atoms with Crippen LogP contribution in [-0.2, 0) is 11.1 Å². The molecular formula is C19H21N4O3S-. The van der Waals surface area contributed by atoms with E-state index in [1.807, 2.05) is 4.90 Å². The third-order valence-corrected chi connectivity index (χ3v) is 5.74. The lowest BCUT2D eigenvalue weighted by atomic mass is 10.0. The van der Waals surface area contributed by atoms with Crippen LogP contribution in [0.25, 0.3) is 11.4 Å². The maximum Gasteiger partial charge on any atom is 0.257 e. The molecule has 1 aliphatic heterocycles. The minimum atomic E-state index is -2.26. The Labute approximate surface area is 160 Å². The number of hydrogen-bond acceptors (Lipinski definition) is 6. The van der Waals surface area contributed by atoms with Crippen molar-refractivity contribution in [2.24, 2.45) is 0 Å². The van der Waals surface area contributed by atoms with Crippen LogP contribution in [0.3, 0.4) is 0 Å². The maximum atomic E-state index is 13.0. The minimum Gasteiger partial charge on any atom is -0.768 e. The number of aromatic nitrogens is 2. The first-order valence-electron chi connectivity index (χ1n) is 9.18. The van der Waals surface area contributed by atoms with Crippen molar-refractivity contribution < 1.29 is 13.6 Å². The predicted molar refractivity (Wildman–Crippen MR) is 99.7 cm³/mol. The molecule has 1 amide bonds. The summed E-state index contributed by atoms with van der Waals surface area (Å²) in [7, 11) is 0. The first-order chi connectivity index (χ1) is 13.1. The van der Waals surface area contributed by atoms with E-state index >= 15 is 0 Å². The number of amides is 1. The zero-order valence-electron chi connectivity index (χ0n) is 14.8. The molecule has 1 N–H and O–H groups in total. The lowest BCUT2D eigenvalue weighted by molar-refractivity contribution is 0.0622. The molecular weight excluding hydrogens is 364 g/mol. The molecule has 27 heavy (non-hydrogen) atoms. The Bertz CT molecular complexity index is 831. The molecule has 1 saturated carbocycles. The van der Waals surface area contributed by atoms with Crippen LogP contribution in [0.1, 0.15) is 36.0 Å². The van der Waals surface area contributed by atoms with Gasteiger partial charge < -0.3 is 14.8 Å². The molecule has 0 radical (unpaired) electrons. The largest absolute Gasteiger partial charge is 0.768 e. The van der Waals surface area contributed by atoms with Crippen molar-refractivity contribution in [1.82, 2.24) is 20.2 Å². The molecule has 2 aliphatic rings. The number of carbonyl (C=O) groups excluding carboxylic acids is 1. The van der Waals surface area contributed by atoms with Gasteiger partial charge in [0.05, 0.1) is 5.56 Å². The monoisotopic (exact) mass is 385 g/mol. The lowest BCUT2D eigenvalue weighted by Crippen LogP contribution is -2.47. The van der Waals surface area contributed by atoms with E-state index in [4.69, 9.17) is 0 Å². The second-order valence-corrected chi connectivity index (χ2v) is 7.92. The molecule has 2 aromatic rings. The molecule has 1 aromatic heterocycles. The summed E-state index contributed by atoms with van der Waals surface area (Å²) in [6, 6.07) is 6.97. The van der Waals surface area contributed by atoms with Gasteiger partial charge in [-0.25, -0.2) is 9.97 Å². The van der Waals surface area contributed by atoms with Crippen molar-refractivity contribution in [3.63, 3.8) is 0 Å². The number of carbonyl (C=O) groups is 1. The van der Waals surface area contributed by atoms with E-state index in [2.05, 4.69) is 15.3 Å². The number of nitrogens with one attached hydrogen (secondary N) is 1. The summed E-state index contributed by atoms with van der Waals surface area (Å²) in [6.07, 6.45) is 7.24. The van der Waals surface area contributed by atoms with Crippen LogP contribution in [0, 0.1) is 0 Å². The SMILES string of the molecule is O=C(c1cnc(-c2ccc(S(=O)[O-])cc2)nc1)N(C1CCNCC1)C1CC1. The second kappa shape index (κ2) is 7.84. The van der Waals surface area contributed by atoms with Gasteiger partial charge in [-0.05, 0) is 62.0 Å². The van der Waals surface area contributed by atoms with Gasteiger partial charge in [0.1, 0.15) is 0 Å². The Balaban J connectivity index is 1.52. The normalized spacial score (nSPS) is 18.9. The fraction of sp³-hybridized carbons (Fsp3) is 0.421. The van der Waals surface area contributed by atoms with E-state index in [0.717, 1.165) is 38.8 Å².